The predicted molar refractivity (Wildman–Crippen MR) is 96.1 cm³/mol. The van der Waals surface area contributed by atoms with E-state index in [1.165, 1.54) is 11.3 Å². The molecule has 1 aromatic heterocycles. The van der Waals surface area contributed by atoms with Crippen LogP contribution in [0, 0.1) is 0 Å². The topological polar surface area (TPSA) is 43.9 Å². The van der Waals surface area contributed by atoms with E-state index in [-0.39, 0.29) is 0 Å². The Morgan fingerprint density at radius 1 is 1.09 bits per heavy atom. The highest BCUT2D eigenvalue weighted by atomic mass is 32.2. The van der Waals surface area contributed by atoms with Crippen molar-refractivity contribution in [1.29, 1.82) is 0 Å². The van der Waals surface area contributed by atoms with E-state index in [0.29, 0.717) is 17.3 Å². The summed E-state index contributed by atoms with van der Waals surface area (Å²) in [4.78, 5) is 4.40. The molecule has 0 saturated carbocycles. The molecule has 0 bridgehead atoms. The monoisotopic (exact) mass is 351 g/mol. The van der Waals surface area contributed by atoms with E-state index in [1.54, 1.807) is 21.8 Å². The molecule has 0 fully saturated rings. The van der Waals surface area contributed by atoms with Crippen molar-refractivity contribution in [2.75, 3.05) is 49.5 Å². The summed E-state index contributed by atoms with van der Waals surface area (Å²) in [5, 5.41) is 1.80. The number of likely N-dealkylation sites (N-methyl/N-ethyl adjacent to an activating group) is 1. The fourth-order valence-corrected chi connectivity index (χ4v) is 5.29. The first-order chi connectivity index (χ1) is 11.0. The molecule has 0 radical (unpaired) electrons. The lowest BCUT2D eigenvalue weighted by atomic mass is 10.2. The number of nitrogens with zero attached hydrogens (tertiary/aromatic N) is 3. The number of anilines is 2. The van der Waals surface area contributed by atoms with E-state index in [2.05, 4.69) is 9.80 Å². The maximum atomic E-state index is 12.9. The van der Waals surface area contributed by atoms with Gasteiger partial charge in [0.1, 0.15) is 4.21 Å². The van der Waals surface area contributed by atoms with Gasteiger partial charge in [-0.2, -0.15) is 0 Å². The molecule has 0 spiro atoms. The van der Waals surface area contributed by atoms with E-state index in [4.69, 9.17) is 0 Å². The fourth-order valence-electron chi connectivity index (χ4n) is 2.72. The first-order valence-corrected chi connectivity index (χ1v) is 9.87. The van der Waals surface area contributed by atoms with Crippen LogP contribution in [0.3, 0.4) is 0 Å². The Labute approximate surface area is 141 Å². The second-order valence-electron chi connectivity index (χ2n) is 5.79. The molecule has 23 heavy (non-hydrogen) atoms. The molecule has 0 aliphatic carbocycles. The first-order valence-electron chi connectivity index (χ1n) is 7.55. The molecule has 0 atom stereocenters. The van der Waals surface area contributed by atoms with Crippen molar-refractivity contribution < 1.29 is 8.42 Å². The van der Waals surface area contributed by atoms with Crippen LogP contribution in [0.5, 0.6) is 0 Å². The SMILES string of the molecule is CN(C)CCN1CCN(S(=O)(=O)c2cccs2)c2ccccc21. The lowest BCUT2D eigenvalue weighted by Crippen LogP contribution is -2.45. The van der Waals surface area contributed by atoms with Gasteiger partial charge < -0.3 is 9.80 Å². The highest BCUT2D eigenvalue weighted by Gasteiger charge is 2.32. The van der Waals surface area contributed by atoms with Crippen molar-refractivity contribution in [1.82, 2.24) is 4.90 Å². The average Bonchev–Trinajstić information content (AvgIpc) is 3.07. The lowest BCUT2D eigenvalue weighted by molar-refractivity contribution is 0.413. The molecule has 0 N–H and O–H groups in total. The quantitative estimate of drug-likeness (QED) is 0.829. The number of hydrogen-bond acceptors (Lipinski definition) is 5. The summed E-state index contributed by atoms with van der Waals surface area (Å²) < 4.78 is 27.7. The predicted octanol–water partition coefficient (Wildman–Crippen LogP) is 2.33. The number of hydrogen-bond donors (Lipinski definition) is 0. The maximum absolute atomic E-state index is 12.9. The van der Waals surface area contributed by atoms with Gasteiger partial charge in [0.15, 0.2) is 0 Å². The Hall–Kier alpha value is -1.57. The minimum Gasteiger partial charge on any atom is -0.367 e. The number of rotatable bonds is 5. The summed E-state index contributed by atoms with van der Waals surface area (Å²) >= 11 is 1.26. The molecule has 124 valence electrons. The molecule has 3 rings (SSSR count). The molecule has 0 amide bonds. The van der Waals surface area contributed by atoms with Gasteiger partial charge in [-0.05, 0) is 37.7 Å². The molecular formula is C16H21N3O2S2. The number of fused-ring (bicyclic) bond motifs is 1. The second kappa shape index (κ2) is 6.51. The summed E-state index contributed by atoms with van der Waals surface area (Å²) in [5.74, 6) is 0. The fraction of sp³-hybridized carbons (Fsp3) is 0.375. The van der Waals surface area contributed by atoms with Crippen LogP contribution in [0.1, 0.15) is 0 Å². The van der Waals surface area contributed by atoms with E-state index in [0.717, 1.165) is 24.5 Å². The summed E-state index contributed by atoms with van der Waals surface area (Å²) in [6.07, 6.45) is 0. The number of benzene rings is 1. The molecule has 1 aromatic carbocycles. The normalized spacial score (nSPS) is 15.1. The van der Waals surface area contributed by atoms with E-state index >= 15 is 0 Å². The minimum absolute atomic E-state index is 0.397. The zero-order valence-corrected chi connectivity index (χ0v) is 15.0. The third kappa shape index (κ3) is 3.22. The van der Waals surface area contributed by atoms with Gasteiger partial charge in [-0.3, -0.25) is 4.31 Å². The third-order valence-electron chi connectivity index (χ3n) is 3.92. The Morgan fingerprint density at radius 2 is 1.83 bits per heavy atom. The molecule has 1 aliphatic heterocycles. The minimum atomic E-state index is -3.47. The molecule has 1 aliphatic rings. The van der Waals surface area contributed by atoms with Crippen LogP contribution in [-0.4, -0.2) is 53.6 Å². The van der Waals surface area contributed by atoms with Gasteiger partial charge in [0.25, 0.3) is 10.0 Å². The van der Waals surface area contributed by atoms with Gasteiger partial charge in [0, 0.05) is 19.6 Å². The van der Waals surface area contributed by atoms with E-state index in [9.17, 15) is 8.42 Å². The Morgan fingerprint density at radius 3 is 2.48 bits per heavy atom. The molecule has 0 unspecified atom stereocenters. The van der Waals surface area contributed by atoms with Crippen LogP contribution in [0.25, 0.3) is 0 Å². The Kier molecular flexibility index (Phi) is 4.61. The Bertz CT molecular complexity index is 757. The summed E-state index contributed by atoms with van der Waals surface area (Å²) in [5.41, 5.74) is 1.76. The summed E-state index contributed by atoms with van der Waals surface area (Å²) in [7, 11) is 0.618. The van der Waals surface area contributed by atoms with E-state index < -0.39 is 10.0 Å². The van der Waals surface area contributed by atoms with Gasteiger partial charge in [0.2, 0.25) is 0 Å². The Balaban J connectivity index is 1.94. The highest BCUT2D eigenvalue weighted by molar-refractivity contribution is 7.94. The van der Waals surface area contributed by atoms with Crippen molar-refractivity contribution in [3.8, 4) is 0 Å². The first kappa shape index (κ1) is 16.3. The van der Waals surface area contributed by atoms with Crippen molar-refractivity contribution in [2.24, 2.45) is 0 Å². The van der Waals surface area contributed by atoms with Crippen LogP contribution >= 0.6 is 11.3 Å². The van der Waals surface area contributed by atoms with Crippen LogP contribution in [0.2, 0.25) is 0 Å². The number of sulfonamides is 1. The molecule has 2 aromatic rings. The van der Waals surface area contributed by atoms with Gasteiger partial charge in [-0.15, -0.1) is 11.3 Å². The van der Waals surface area contributed by atoms with Crippen molar-refractivity contribution in [3.63, 3.8) is 0 Å². The van der Waals surface area contributed by atoms with Crippen molar-refractivity contribution >= 4 is 32.7 Å². The number of thiophene rings is 1. The zero-order chi connectivity index (χ0) is 16.4. The van der Waals surface area contributed by atoms with Crippen LogP contribution in [0.4, 0.5) is 11.4 Å². The third-order valence-corrected chi connectivity index (χ3v) is 7.11. The summed E-state index contributed by atoms with van der Waals surface area (Å²) in [6, 6.07) is 11.2. The largest absolute Gasteiger partial charge is 0.367 e. The van der Waals surface area contributed by atoms with Gasteiger partial charge in [-0.1, -0.05) is 18.2 Å². The van der Waals surface area contributed by atoms with Crippen molar-refractivity contribution in [3.05, 3.63) is 41.8 Å². The molecule has 5 nitrogen and oxygen atoms in total. The smallest absolute Gasteiger partial charge is 0.273 e. The summed E-state index contributed by atoms with van der Waals surface area (Å²) in [6.45, 7) is 3.00. The van der Waals surface area contributed by atoms with Crippen LogP contribution in [0.15, 0.2) is 46.0 Å². The van der Waals surface area contributed by atoms with Crippen LogP contribution in [-0.2, 0) is 10.0 Å². The van der Waals surface area contributed by atoms with E-state index in [1.807, 2.05) is 38.4 Å². The molecule has 7 heteroatoms. The standard InChI is InChI=1S/C16H21N3O2S2/c1-17(2)9-10-18-11-12-19(15-7-4-3-6-14(15)18)23(20,21)16-8-5-13-22-16/h3-8,13H,9-12H2,1-2H3. The van der Waals surface area contributed by atoms with Crippen molar-refractivity contribution in [2.45, 2.75) is 4.21 Å². The average molecular weight is 351 g/mol. The highest BCUT2D eigenvalue weighted by Crippen LogP contribution is 2.36. The van der Waals surface area contributed by atoms with Crippen LogP contribution < -0.4 is 9.21 Å². The molecule has 2 heterocycles. The van der Waals surface area contributed by atoms with Gasteiger partial charge in [-0.25, -0.2) is 8.42 Å². The molecular weight excluding hydrogens is 330 g/mol. The zero-order valence-electron chi connectivity index (χ0n) is 13.3. The second-order valence-corrected chi connectivity index (χ2v) is 8.83. The number of para-hydroxylation sites is 2. The molecule has 0 saturated heterocycles. The van der Waals surface area contributed by atoms with Gasteiger partial charge >= 0.3 is 0 Å². The maximum Gasteiger partial charge on any atom is 0.273 e. The lowest BCUT2D eigenvalue weighted by Gasteiger charge is -2.38. The van der Waals surface area contributed by atoms with Gasteiger partial charge in [0.05, 0.1) is 17.9 Å².